The smallest absolute Gasteiger partial charge is 0.282 e. The van der Waals surface area contributed by atoms with Crippen molar-refractivity contribution in [1.82, 2.24) is 4.90 Å². The summed E-state index contributed by atoms with van der Waals surface area (Å²) in [5, 5.41) is 0.481. The number of rotatable bonds is 6. The highest BCUT2D eigenvalue weighted by atomic mass is 35.5. The van der Waals surface area contributed by atoms with Crippen LogP contribution in [0.15, 0.2) is 72.4 Å². The first kappa shape index (κ1) is 22.8. The molecule has 1 aliphatic rings. The fourth-order valence-corrected chi connectivity index (χ4v) is 4.51. The Morgan fingerprint density at radius 3 is 2.24 bits per heavy atom. The van der Waals surface area contributed by atoms with Crippen molar-refractivity contribution in [2.45, 2.75) is 34.2 Å². The fraction of sp³-hybridized carbons (Fsp3) is 0.214. The molecule has 4 nitrogen and oxygen atoms in total. The molecule has 0 saturated carbocycles. The highest BCUT2D eigenvalue weighted by Crippen LogP contribution is 2.38. The number of hydrogen-bond donors (Lipinski definition) is 0. The van der Waals surface area contributed by atoms with Crippen molar-refractivity contribution in [3.05, 3.63) is 105 Å². The van der Waals surface area contributed by atoms with E-state index in [0.717, 1.165) is 27.8 Å². The van der Waals surface area contributed by atoms with Crippen molar-refractivity contribution >= 4 is 34.7 Å². The van der Waals surface area contributed by atoms with Crippen molar-refractivity contribution in [1.29, 1.82) is 0 Å². The number of hydrogen-bond acceptors (Lipinski definition) is 3. The molecule has 1 heterocycles. The summed E-state index contributed by atoms with van der Waals surface area (Å²) in [6, 6.07) is 21.2. The van der Waals surface area contributed by atoms with Gasteiger partial charge in [-0.25, -0.2) is 4.90 Å². The van der Waals surface area contributed by atoms with E-state index in [1.54, 1.807) is 12.1 Å². The lowest BCUT2D eigenvalue weighted by Gasteiger charge is -2.25. The Bertz CT molecular complexity index is 1260. The van der Waals surface area contributed by atoms with E-state index in [1.807, 2.05) is 87.2 Å². The molecule has 3 aromatic carbocycles. The van der Waals surface area contributed by atoms with Gasteiger partial charge in [-0.2, -0.15) is 0 Å². The van der Waals surface area contributed by atoms with Crippen LogP contribution in [0.2, 0.25) is 5.02 Å². The Balaban J connectivity index is 1.90. The molecule has 0 N–H and O–H groups in total. The number of imide groups is 1. The third-order valence-electron chi connectivity index (χ3n) is 6.04. The fourth-order valence-electron chi connectivity index (χ4n) is 4.34. The summed E-state index contributed by atoms with van der Waals surface area (Å²) in [6.45, 7) is 8.99. The Morgan fingerprint density at radius 2 is 1.58 bits per heavy atom. The first-order valence-corrected chi connectivity index (χ1v) is 11.4. The van der Waals surface area contributed by atoms with Gasteiger partial charge >= 0.3 is 0 Å². The zero-order valence-electron chi connectivity index (χ0n) is 19.4. The summed E-state index contributed by atoms with van der Waals surface area (Å²) in [7, 11) is 0. The van der Waals surface area contributed by atoms with Crippen molar-refractivity contribution in [2.75, 3.05) is 11.4 Å². The minimum absolute atomic E-state index is 0.321. The highest BCUT2D eigenvalue weighted by Gasteiger charge is 2.43. The average molecular weight is 459 g/mol. The molecule has 0 fully saturated rings. The van der Waals surface area contributed by atoms with Gasteiger partial charge in [-0.05, 0) is 62.1 Å². The van der Waals surface area contributed by atoms with Crippen molar-refractivity contribution in [3.8, 4) is 0 Å². The summed E-state index contributed by atoms with van der Waals surface area (Å²) < 4.78 is 0. The zero-order chi connectivity index (χ0) is 23.7. The Morgan fingerprint density at radius 1 is 0.848 bits per heavy atom. The van der Waals surface area contributed by atoms with E-state index in [2.05, 4.69) is 0 Å². The third kappa shape index (κ3) is 4.31. The largest absolute Gasteiger partial charge is 0.362 e. The number of carbonyl (C=O) groups is 2. The molecule has 0 bridgehead atoms. The van der Waals surface area contributed by atoms with Gasteiger partial charge in [-0.15, -0.1) is 0 Å². The topological polar surface area (TPSA) is 40.6 Å². The second-order valence-electron chi connectivity index (χ2n) is 8.42. The van der Waals surface area contributed by atoms with Crippen LogP contribution in [0.3, 0.4) is 0 Å². The van der Waals surface area contributed by atoms with Crippen molar-refractivity contribution < 1.29 is 9.59 Å². The number of halogens is 1. The van der Waals surface area contributed by atoms with Crippen LogP contribution in [0.4, 0.5) is 5.69 Å². The van der Waals surface area contributed by atoms with Crippen molar-refractivity contribution in [2.24, 2.45) is 0 Å². The monoisotopic (exact) mass is 458 g/mol. The molecule has 33 heavy (non-hydrogen) atoms. The molecule has 0 unspecified atom stereocenters. The van der Waals surface area contributed by atoms with Gasteiger partial charge in [0.25, 0.3) is 11.8 Å². The maximum absolute atomic E-state index is 13.9. The Hall–Kier alpha value is -3.37. The first-order chi connectivity index (χ1) is 15.8. The van der Waals surface area contributed by atoms with Crippen LogP contribution >= 0.6 is 11.6 Å². The molecule has 1 aliphatic heterocycles. The summed E-state index contributed by atoms with van der Waals surface area (Å²) in [5.41, 5.74) is 6.12. The van der Waals surface area contributed by atoms with Gasteiger partial charge in [0.15, 0.2) is 0 Å². The molecule has 0 aliphatic carbocycles. The molecule has 0 atom stereocenters. The second-order valence-corrected chi connectivity index (χ2v) is 8.85. The highest BCUT2D eigenvalue weighted by molar-refractivity contribution is 6.46. The molecule has 0 spiro atoms. The van der Waals surface area contributed by atoms with Gasteiger partial charge in [-0.3, -0.25) is 9.59 Å². The van der Waals surface area contributed by atoms with E-state index in [9.17, 15) is 9.59 Å². The van der Waals surface area contributed by atoms with Gasteiger partial charge in [0.05, 0.1) is 11.3 Å². The first-order valence-electron chi connectivity index (χ1n) is 11.1. The maximum Gasteiger partial charge on any atom is 0.282 e. The van der Waals surface area contributed by atoms with Gasteiger partial charge in [0.1, 0.15) is 5.70 Å². The predicted molar refractivity (Wildman–Crippen MR) is 134 cm³/mol. The molecule has 0 aromatic heterocycles. The number of nitrogens with zero attached hydrogens (tertiary/aromatic N) is 2. The number of amides is 2. The molecule has 4 rings (SSSR count). The van der Waals surface area contributed by atoms with Gasteiger partial charge < -0.3 is 4.90 Å². The van der Waals surface area contributed by atoms with E-state index in [-0.39, 0.29) is 11.8 Å². The molecule has 168 valence electrons. The SMILES string of the molecule is CCN(Cc1ccccc1)C1=C(c2ccc(C)cc2C)C(=O)N(c2cc(Cl)ccc2C)C1=O. The number of carbonyl (C=O) groups excluding carboxylic acids is 2. The number of benzene rings is 3. The summed E-state index contributed by atoms with van der Waals surface area (Å²) in [6.07, 6.45) is 0. The zero-order valence-corrected chi connectivity index (χ0v) is 20.1. The van der Waals surface area contributed by atoms with Crippen molar-refractivity contribution in [3.63, 3.8) is 0 Å². The van der Waals surface area contributed by atoms with E-state index in [4.69, 9.17) is 11.6 Å². The molecular weight excluding hydrogens is 432 g/mol. The summed E-state index contributed by atoms with van der Waals surface area (Å²) >= 11 is 6.25. The lowest BCUT2D eigenvalue weighted by molar-refractivity contribution is -0.120. The number of likely N-dealkylation sites (N-methyl/N-ethyl adjacent to an activating group) is 1. The van der Waals surface area contributed by atoms with Gasteiger partial charge in [0.2, 0.25) is 0 Å². The molecule has 3 aromatic rings. The minimum Gasteiger partial charge on any atom is -0.362 e. The van der Waals surface area contributed by atoms with Crippen LogP contribution in [-0.4, -0.2) is 23.3 Å². The summed E-state index contributed by atoms with van der Waals surface area (Å²) in [4.78, 5) is 31.0. The average Bonchev–Trinajstić information content (AvgIpc) is 3.04. The quantitative estimate of drug-likeness (QED) is 0.421. The van der Waals surface area contributed by atoms with Crippen LogP contribution in [0.1, 0.15) is 34.7 Å². The lowest BCUT2D eigenvalue weighted by atomic mass is 9.97. The number of anilines is 1. The normalized spacial score (nSPS) is 13.8. The molecule has 0 radical (unpaired) electrons. The lowest BCUT2D eigenvalue weighted by Crippen LogP contribution is -2.35. The molecular formula is C28H27ClN2O2. The second kappa shape index (κ2) is 9.24. The van der Waals surface area contributed by atoms with Crippen LogP contribution < -0.4 is 4.90 Å². The van der Waals surface area contributed by atoms with Crippen LogP contribution in [0.5, 0.6) is 0 Å². The maximum atomic E-state index is 13.9. The van der Waals surface area contributed by atoms with E-state index < -0.39 is 0 Å². The van der Waals surface area contributed by atoms with Crippen LogP contribution in [-0.2, 0) is 16.1 Å². The van der Waals surface area contributed by atoms with Crippen LogP contribution in [0, 0.1) is 20.8 Å². The van der Waals surface area contributed by atoms with Crippen LogP contribution in [0.25, 0.3) is 5.57 Å². The van der Waals surface area contributed by atoms with Gasteiger partial charge in [-0.1, -0.05) is 71.8 Å². The van der Waals surface area contributed by atoms with E-state index in [0.29, 0.717) is 35.1 Å². The van der Waals surface area contributed by atoms with E-state index >= 15 is 0 Å². The molecule has 5 heteroatoms. The predicted octanol–water partition coefficient (Wildman–Crippen LogP) is 6.07. The molecule has 0 saturated heterocycles. The minimum atomic E-state index is -0.321. The van der Waals surface area contributed by atoms with E-state index in [1.165, 1.54) is 4.90 Å². The summed E-state index contributed by atoms with van der Waals surface area (Å²) in [5.74, 6) is -0.642. The molecule has 2 amide bonds. The third-order valence-corrected chi connectivity index (χ3v) is 6.27. The standard InChI is InChI=1S/C28H27ClN2O2/c1-5-30(17-21-9-7-6-8-10-21)26-25(23-14-11-18(2)15-20(23)4)27(32)31(28(26)33)24-16-22(29)13-12-19(24)3/h6-16H,5,17H2,1-4H3. The Labute approximate surface area is 200 Å². The van der Waals surface area contributed by atoms with Gasteiger partial charge in [0, 0.05) is 18.1 Å². The number of aryl methyl sites for hydroxylation is 3. The Kier molecular flexibility index (Phi) is 6.39.